The molecule has 1 aromatic carbocycles. The molecular weight excluding hydrogens is 290 g/mol. The van der Waals surface area contributed by atoms with E-state index in [-0.39, 0.29) is 19.1 Å². The van der Waals surface area contributed by atoms with Crippen LogP contribution in [0.3, 0.4) is 0 Å². The number of carbonyl (C=O) groups excluding carboxylic acids is 1. The highest BCUT2D eigenvalue weighted by molar-refractivity contribution is 6.32. The van der Waals surface area contributed by atoms with Gasteiger partial charge in [0, 0.05) is 37.2 Å². The van der Waals surface area contributed by atoms with Crippen molar-refractivity contribution in [3.05, 3.63) is 34.3 Å². The Morgan fingerprint density at radius 1 is 1.33 bits per heavy atom. The Balaban J connectivity index is 2.87. The molecule has 0 atom stereocenters. The van der Waals surface area contributed by atoms with Crippen LogP contribution in [0.25, 0.3) is 0 Å². The lowest BCUT2D eigenvalue weighted by atomic mass is 10.1. The van der Waals surface area contributed by atoms with Gasteiger partial charge in [0.2, 0.25) is 0 Å². The van der Waals surface area contributed by atoms with Crippen LogP contribution >= 0.6 is 11.6 Å². The molecule has 1 rings (SSSR count). The fourth-order valence-corrected chi connectivity index (χ4v) is 2.04. The van der Waals surface area contributed by atoms with Crippen LogP contribution in [0.2, 0.25) is 5.02 Å². The van der Waals surface area contributed by atoms with Gasteiger partial charge in [-0.25, -0.2) is 0 Å². The molecular formula is C16H20ClNO3. The fraction of sp³-hybridized carbons (Fsp3) is 0.438. The van der Waals surface area contributed by atoms with Crippen molar-refractivity contribution in [1.82, 2.24) is 4.90 Å². The maximum atomic E-state index is 12.3. The van der Waals surface area contributed by atoms with E-state index in [1.165, 1.54) is 0 Å². The van der Waals surface area contributed by atoms with Gasteiger partial charge in [0.1, 0.15) is 0 Å². The van der Waals surface area contributed by atoms with E-state index >= 15 is 0 Å². The molecule has 0 unspecified atom stereocenters. The number of halogens is 1. The minimum Gasteiger partial charge on any atom is -0.396 e. The highest BCUT2D eigenvalue weighted by Gasteiger charge is 2.14. The van der Waals surface area contributed by atoms with Crippen LogP contribution in [0.4, 0.5) is 0 Å². The van der Waals surface area contributed by atoms with Gasteiger partial charge in [-0.1, -0.05) is 23.4 Å². The zero-order valence-electron chi connectivity index (χ0n) is 12.1. The molecule has 0 heterocycles. The summed E-state index contributed by atoms with van der Waals surface area (Å²) < 4.78 is 0. The Morgan fingerprint density at radius 2 is 2.10 bits per heavy atom. The van der Waals surface area contributed by atoms with Crippen molar-refractivity contribution in [2.75, 3.05) is 26.3 Å². The lowest BCUT2D eigenvalue weighted by Gasteiger charge is -2.20. The monoisotopic (exact) mass is 309 g/mol. The van der Waals surface area contributed by atoms with Crippen LogP contribution in [0.1, 0.15) is 35.7 Å². The number of aliphatic hydroxyl groups is 2. The van der Waals surface area contributed by atoms with Gasteiger partial charge in [-0.15, -0.1) is 0 Å². The van der Waals surface area contributed by atoms with Crippen molar-refractivity contribution in [2.45, 2.75) is 19.8 Å². The van der Waals surface area contributed by atoms with Crippen molar-refractivity contribution in [2.24, 2.45) is 0 Å². The number of amides is 1. The van der Waals surface area contributed by atoms with Crippen LogP contribution in [0.15, 0.2) is 18.2 Å². The number of rotatable bonds is 6. The van der Waals surface area contributed by atoms with Gasteiger partial charge in [-0.2, -0.15) is 0 Å². The summed E-state index contributed by atoms with van der Waals surface area (Å²) in [7, 11) is 0. The second-order valence-electron chi connectivity index (χ2n) is 4.43. The van der Waals surface area contributed by atoms with Gasteiger partial charge < -0.3 is 15.1 Å². The first kappa shape index (κ1) is 17.5. The molecule has 0 aliphatic heterocycles. The van der Waals surface area contributed by atoms with Crippen molar-refractivity contribution in [1.29, 1.82) is 0 Å². The largest absolute Gasteiger partial charge is 0.396 e. The molecule has 0 radical (unpaired) electrons. The summed E-state index contributed by atoms with van der Waals surface area (Å²) in [5.41, 5.74) is 1.15. The molecule has 5 heteroatoms. The second-order valence-corrected chi connectivity index (χ2v) is 4.84. The predicted molar refractivity (Wildman–Crippen MR) is 83.3 cm³/mol. The summed E-state index contributed by atoms with van der Waals surface area (Å²) in [5, 5.41) is 18.0. The predicted octanol–water partition coefficient (Wildman–Crippen LogP) is 1.92. The first-order chi connectivity index (χ1) is 10.1. The fourth-order valence-electron chi connectivity index (χ4n) is 1.81. The van der Waals surface area contributed by atoms with E-state index in [9.17, 15) is 4.79 Å². The van der Waals surface area contributed by atoms with Gasteiger partial charge in [0.05, 0.1) is 11.6 Å². The molecule has 0 aliphatic carbocycles. The van der Waals surface area contributed by atoms with Crippen LogP contribution in [0.5, 0.6) is 0 Å². The summed E-state index contributed by atoms with van der Waals surface area (Å²) in [5.74, 6) is 5.54. The highest BCUT2D eigenvalue weighted by atomic mass is 35.5. The molecule has 2 N–H and O–H groups in total. The molecule has 0 saturated carbocycles. The Kier molecular flexibility index (Phi) is 7.84. The minimum atomic E-state index is -0.109. The Bertz CT molecular complexity index is 534. The van der Waals surface area contributed by atoms with E-state index < -0.39 is 0 Å². The van der Waals surface area contributed by atoms with Crippen molar-refractivity contribution >= 4 is 17.5 Å². The molecule has 0 aliphatic rings. The standard InChI is InChI=1S/C16H20ClNO3/c1-2-18(9-5-11-20)16(21)14-8-7-13(15(17)12-14)6-3-4-10-19/h7-8,12,19-20H,2,4-5,9-11H2,1H3. The van der Waals surface area contributed by atoms with Crippen LogP contribution in [-0.4, -0.2) is 47.3 Å². The van der Waals surface area contributed by atoms with Gasteiger partial charge in [0.15, 0.2) is 0 Å². The first-order valence-electron chi connectivity index (χ1n) is 6.93. The second kappa shape index (κ2) is 9.41. The number of hydrogen-bond donors (Lipinski definition) is 2. The summed E-state index contributed by atoms with van der Waals surface area (Å²) in [6, 6.07) is 5.01. The first-order valence-corrected chi connectivity index (χ1v) is 7.31. The molecule has 21 heavy (non-hydrogen) atoms. The molecule has 0 saturated heterocycles. The molecule has 1 amide bonds. The molecule has 114 valence electrons. The van der Waals surface area contributed by atoms with Gasteiger partial charge in [-0.05, 0) is 31.5 Å². The van der Waals surface area contributed by atoms with Gasteiger partial charge in [-0.3, -0.25) is 4.79 Å². The van der Waals surface area contributed by atoms with Crippen molar-refractivity contribution in [3.63, 3.8) is 0 Å². The van der Waals surface area contributed by atoms with Gasteiger partial charge >= 0.3 is 0 Å². The summed E-state index contributed by atoms with van der Waals surface area (Å²) in [6.07, 6.45) is 0.944. The quantitative estimate of drug-likeness (QED) is 0.789. The third kappa shape index (κ3) is 5.39. The van der Waals surface area contributed by atoms with Crippen LogP contribution in [0, 0.1) is 11.8 Å². The molecule has 0 spiro atoms. The zero-order valence-corrected chi connectivity index (χ0v) is 12.9. The van der Waals surface area contributed by atoms with E-state index in [1.807, 2.05) is 6.92 Å². The molecule has 0 fully saturated rings. The van der Waals surface area contributed by atoms with Crippen LogP contribution < -0.4 is 0 Å². The average molecular weight is 310 g/mol. The van der Waals surface area contributed by atoms with E-state index in [0.717, 1.165) is 0 Å². The van der Waals surface area contributed by atoms with Crippen molar-refractivity contribution in [3.8, 4) is 11.8 Å². The smallest absolute Gasteiger partial charge is 0.253 e. The topological polar surface area (TPSA) is 60.8 Å². The highest BCUT2D eigenvalue weighted by Crippen LogP contribution is 2.18. The van der Waals surface area contributed by atoms with Gasteiger partial charge in [0.25, 0.3) is 5.91 Å². The van der Waals surface area contributed by atoms with E-state index in [1.54, 1.807) is 23.1 Å². The van der Waals surface area contributed by atoms with E-state index in [2.05, 4.69) is 11.8 Å². The molecule has 0 aromatic heterocycles. The molecule has 1 aromatic rings. The number of aliphatic hydroxyl groups excluding tert-OH is 2. The number of nitrogens with zero attached hydrogens (tertiary/aromatic N) is 1. The maximum absolute atomic E-state index is 12.3. The van der Waals surface area contributed by atoms with E-state index in [4.69, 9.17) is 21.8 Å². The summed E-state index contributed by atoms with van der Waals surface area (Å²) in [6.45, 7) is 3.06. The normalized spacial score (nSPS) is 9.90. The minimum absolute atomic E-state index is 0.0114. The number of benzene rings is 1. The Morgan fingerprint density at radius 3 is 2.67 bits per heavy atom. The molecule has 4 nitrogen and oxygen atoms in total. The SMILES string of the molecule is CCN(CCCO)C(=O)c1ccc(C#CCCO)c(Cl)c1. The lowest BCUT2D eigenvalue weighted by molar-refractivity contribution is 0.0754. The van der Waals surface area contributed by atoms with Crippen LogP contribution in [-0.2, 0) is 0 Å². The average Bonchev–Trinajstić information content (AvgIpc) is 2.49. The zero-order chi connectivity index (χ0) is 15.7. The van der Waals surface area contributed by atoms with E-state index in [0.29, 0.717) is 42.1 Å². The Labute approximate surface area is 130 Å². The van der Waals surface area contributed by atoms with Crippen molar-refractivity contribution < 1.29 is 15.0 Å². The lowest BCUT2D eigenvalue weighted by Crippen LogP contribution is -2.32. The third-order valence-electron chi connectivity index (χ3n) is 2.93. The third-order valence-corrected chi connectivity index (χ3v) is 3.24. The summed E-state index contributed by atoms with van der Waals surface area (Å²) in [4.78, 5) is 14.0. The number of carbonyl (C=O) groups is 1. The molecule has 0 bridgehead atoms. The number of hydrogen-bond acceptors (Lipinski definition) is 3. The Hall–Kier alpha value is -1.54. The maximum Gasteiger partial charge on any atom is 0.253 e. The summed E-state index contributed by atoms with van der Waals surface area (Å²) >= 11 is 6.13.